The Kier molecular flexibility index (Phi) is 4.81. The van der Waals surface area contributed by atoms with E-state index in [4.69, 9.17) is 0 Å². The van der Waals surface area contributed by atoms with Crippen LogP contribution in [0.25, 0.3) is 0 Å². The molecule has 1 aliphatic rings. The topological polar surface area (TPSA) is 49.3 Å². The molecule has 1 amide bonds. The summed E-state index contributed by atoms with van der Waals surface area (Å²) >= 11 is 0. The fourth-order valence-corrected chi connectivity index (χ4v) is 2.89. The van der Waals surface area contributed by atoms with Crippen molar-refractivity contribution < 1.29 is 9.90 Å². The summed E-state index contributed by atoms with van der Waals surface area (Å²) in [4.78, 5) is 12.2. The number of hydrogen-bond donors (Lipinski definition) is 2. The molecule has 0 unspecified atom stereocenters. The molecule has 0 heterocycles. The van der Waals surface area contributed by atoms with Gasteiger partial charge in [-0.15, -0.1) is 0 Å². The molecule has 2 N–H and O–H groups in total. The van der Waals surface area contributed by atoms with E-state index in [2.05, 4.69) is 38.2 Å². The minimum Gasteiger partial charge on any atom is -0.394 e. The zero-order valence-corrected chi connectivity index (χ0v) is 12.6. The van der Waals surface area contributed by atoms with Crippen LogP contribution in [0.5, 0.6) is 0 Å². The summed E-state index contributed by atoms with van der Waals surface area (Å²) in [6, 6.07) is 8.16. The molecule has 0 saturated heterocycles. The average molecular weight is 275 g/mol. The van der Waals surface area contributed by atoms with Crippen LogP contribution in [0.3, 0.4) is 0 Å². The van der Waals surface area contributed by atoms with Crippen molar-refractivity contribution in [3.8, 4) is 0 Å². The Morgan fingerprint density at radius 2 is 2.10 bits per heavy atom. The van der Waals surface area contributed by atoms with Gasteiger partial charge in [-0.25, -0.2) is 0 Å². The highest BCUT2D eigenvalue weighted by molar-refractivity contribution is 5.83. The summed E-state index contributed by atoms with van der Waals surface area (Å²) in [6.07, 6.45) is 1.75. The van der Waals surface area contributed by atoms with Crippen molar-refractivity contribution in [3.63, 3.8) is 0 Å². The van der Waals surface area contributed by atoms with Gasteiger partial charge in [0.05, 0.1) is 12.6 Å². The lowest BCUT2D eigenvalue weighted by atomic mass is 10.0. The van der Waals surface area contributed by atoms with Crippen molar-refractivity contribution in [1.82, 2.24) is 5.32 Å². The molecule has 0 spiro atoms. The van der Waals surface area contributed by atoms with E-state index in [-0.39, 0.29) is 24.5 Å². The van der Waals surface area contributed by atoms with Crippen LogP contribution in [-0.4, -0.2) is 23.7 Å². The molecular weight excluding hydrogens is 250 g/mol. The molecule has 1 fully saturated rings. The molecule has 1 aliphatic carbocycles. The van der Waals surface area contributed by atoms with E-state index >= 15 is 0 Å². The second-order valence-electron chi connectivity index (χ2n) is 6.32. The Labute approximate surface area is 121 Å². The van der Waals surface area contributed by atoms with Gasteiger partial charge >= 0.3 is 0 Å². The van der Waals surface area contributed by atoms with Crippen molar-refractivity contribution in [2.45, 2.75) is 45.6 Å². The number of carbonyl (C=O) groups is 1. The summed E-state index contributed by atoms with van der Waals surface area (Å²) in [7, 11) is 0. The van der Waals surface area contributed by atoms with Gasteiger partial charge in [0.1, 0.15) is 0 Å². The van der Waals surface area contributed by atoms with Crippen LogP contribution < -0.4 is 5.32 Å². The standard InChI is InChI=1S/C17H25NO2/c1-11(2)8-13(10-19)18-17(20)16-9-15(16)14-7-5-4-6-12(14)3/h4-7,11,13,15-16,19H,8-10H2,1-3H3,(H,18,20)/t13-,15+,16+/m1/s1. The predicted octanol–water partition coefficient (Wildman–Crippen LogP) is 2.62. The third-order valence-corrected chi connectivity index (χ3v) is 4.04. The lowest BCUT2D eigenvalue weighted by molar-refractivity contribution is -0.123. The first-order chi connectivity index (χ1) is 9.52. The molecule has 2 rings (SSSR count). The van der Waals surface area contributed by atoms with Gasteiger partial charge in [-0.2, -0.15) is 0 Å². The highest BCUT2D eigenvalue weighted by Gasteiger charge is 2.44. The van der Waals surface area contributed by atoms with E-state index < -0.39 is 0 Å². The fourth-order valence-electron chi connectivity index (χ4n) is 2.89. The number of carbonyl (C=O) groups excluding carboxylic acids is 1. The maximum absolute atomic E-state index is 12.2. The Balaban J connectivity index is 1.91. The number of amides is 1. The van der Waals surface area contributed by atoms with Crippen LogP contribution >= 0.6 is 0 Å². The Morgan fingerprint density at radius 3 is 2.70 bits per heavy atom. The van der Waals surface area contributed by atoms with Gasteiger partial charge in [0, 0.05) is 5.92 Å². The third-order valence-electron chi connectivity index (χ3n) is 4.04. The molecule has 20 heavy (non-hydrogen) atoms. The van der Waals surface area contributed by atoms with Gasteiger partial charge in [0.15, 0.2) is 0 Å². The van der Waals surface area contributed by atoms with Gasteiger partial charge in [-0.05, 0) is 42.7 Å². The molecular formula is C17H25NO2. The van der Waals surface area contributed by atoms with Gasteiger partial charge < -0.3 is 10.4 Å². The van der Waals surface area contributed by atoms with Crippen molar-refractivity contribution in [2.24, 2.45) is 11.8 Å². The molecule has 110 valence electrons. The highest BCUT2D eigenvalue weighted by atomic mass is 16.3. The third kappa shape index (κ3) is 3.60. The second kappa shape index (κ2) is 6.40. The van der Waals surface area contributed by atoms with Crippen LogP contribution in [0, 0.1) is 18.8 Å². The molecule has 0 bridgehead atoms. The molecule has 1 saturated carbocycles. The quantitative estimate of drug-likeness (QED) is 0.838. The van der Waals surface area contributed by atoms with Crippen LogP contribution in [0.15, 0.2) is 24.3 Å². The van der Waals surface area contributed by atoms with Gasteiger partial charge in [0.2, 0.25) is 5.91 Å². The smallest absolute Gasteiger partial charge is 0.224 e. The van der Waals surface area contributed by atoms with Gasteiger partial charge in [0.25, 0.3) is 0 Å². The first kappa shape index (κ1) is 15.0. The van der Waals surface area contributed by atoms with E-state index in [1.54, 1.807) is 0 Å². The first-order valence-electron chi connectivity index (χ1n) is 7.49. The van der Waals surface area contributed by atoms with Crippen LogP contribution in [0.4, 0.5) is 0 Å². The lowest BCUT2D eigenvalue weighted by Gasteiger charge is -2.18. The van der Waals surface area contributed by atoms with E-state index in [0.717, 1.165) is 12.8 Å². The van der Waals surface area contributed by atoms with Crippen LogP contribution in [-0.2, 0) is 4.79 Å². The number of benzene rings is 1. The maximum Gasteiger partial charge on any atom is 0.224 e. The normalized spacial score (nSPS) is 22.6. The number of aryl methyl sites for hydroxylation is 1. The van der Waals surface area contributed by atoms with Crippen molar-refractivity contribution >= 4 is 5.91 Å². The molecule has 3 atom stereocenters. The van der Waals surface area contributed by atoms with E-state index in [1.807, 2.05) is 12.1 Å². The molecule has 0 aliphatic heterocycles. The molecule has 1 aromatic carbocycles. The Hall–Kier alpha value is -1.35. The summed E-state index contributed by atoms with van der Waals surface area (Å²) in [5.41, 5.74) is 2.55. The molecule has 1 aromatic rings. The highest BCUT2D eigenvalue weighted by Crippen LogP contribution is 2.48. The molecule has 3 heteroatoms. The second-order valence-corrected chi connectivity index (χ2v) is 6.32. The van der Waals surface area contributed by atoms with E-state index in [9.17, 15) is 9.90 Å². The van der Waals surface area contributed by atoms with Gasteiger partial charge in [-0.3, -0.25) is 4.79 Å². The number of aliphatic hydroxyl groups excluding tert-OH is 1. The van der Waals surface area contributed by atoms with Crippen LogP contribution in [0.1, 0.15) is 43.7 Å². The largest absolute Gasteiger partial charge is 0.394 e. The zero-order chi connectivity index (χ0) is 14.7. The van der Waals surface area contributed by atoms with Crippen molar-refractivity contribution in [1.29, 1.82) is 0 Å². The average Bonchev–Trinajstić information content (AvgIpc) is 3.18. The number of aliphatic hydroxyl groups is 1. The maximum atomic E-state index is 12.2. The van der Waals surface area contributed by atoms with Crippen molar-refractivity contribution in [2.75, 3.05) is 6.61 Å². The summed E-state index contributed by atoms with van der Waals surface area (Å²) in [6.45, 7) is 6.31. The van der Waals surface area contributed by atoms with E-state index in [1.165, 1.54) is 11.1 Å². The Morgan fingerprint density at radius 1 is 1.40 bits per heavy atom. The Bertz CT molecular complexity index is 470. The first-order valence-corrected chi connectivity index (χ1v) is 7.49. The number of rotatable bonds is 6. The van der Waals surface area contributed by atoms with Gasteiger partial charge in [-0.1, -0.05) is 38.1 Å². The summed E-state index contributed by atoms with van der Waals surface area (Å²) in [5, 5.41) is 12.3. The van der Waals surface area contributed by atoms with E-state index in [0.29, 0.717) is 11.8 Å². The zero-order valence-electron chi connectivity index (χ0n) is 12.6. The molecule has 0 aromatic heterocycles. The lowest BCUT2D eigenvalue weighted by Crippen LogP contribution is -2.39. The predicted molar refractivity (Wildman–Crippen MR) is 80.5 cm³/mol. The molecule has 0 radical (unpaired) electrons. The summed E-state index contributed by atoms with van der Waals surface area (Å²) in [5.74, 6) is 1.00. The minimum atomic E-state index is -0.111. The minimum absolute atomic E-state index is 0.0195. The number of nitrogens with one attached hydrogen (secondary N) is 1. The fraction of sp³-hybridized carbons (Fsp3) is 0.588. The molecule has 3 nitrogen and oxygen atoms in total. The summed E-state index contributed by atoms with van der Waals surface area (Å²) < 4.78 is 0. The number of hydrogen-bond acceptors (Lipinski definition) is 2. The van der Waals surface area contributed by atoms with Crippen LogP contribution in [0.2, 0.25) is 0 Å². The van der Waals surface area contributed by atoms with Crippen molar-refractivity contribution in [3.05, 3.63) is 35.4 Å². The SMILES string of the molecule is Cc1ccccc1[C@@H]1C[C@@H]1C(=O)N[C@@H](CO)CC(C)C. The monoisotopic (exact) mass is 275 g/mol.